The Hall–Kier alpha value is -4.11. The molecule has 2 aliphatic rings. The molecule has 2 saturated heterocycles. The largest absolute Gasteiger partial charge is 0.369 e. The van der Waals surface area contributed by atoms with Gasteiger partial charge in [0, 0.05) is 68.1 Å². The third kappa shape index (κ3) is 4.90. The summed E-state index contributed by atoms with van der Waals surface area (Å²) >= 11 is 0. The standard InChI is InChI=1S/C30H34N8O/c1-19(22-5-4-6-23-24(30(39)31-2)9-11-32-29(22)23)14-33-27-13-25(35-18-36-27)20-7-8-28(34-15-20)38-16-21-10-12-37(3)26(21)17-38/h4-9,11,13,15,18-19,21,26H,10,12,14,16-17H2,1-3H3,(H,31,39)(H,33,35,36)/t19-,21+,26-/m1/s1. The van der Waals surface area contributed by atoms with Gasteiger partial charge in [0.15, 0.2) is 0 Å². The molecule has 0 radical (unpaired) electrons. The van der Waals surface area contributed by atoms with Gasteiger partial charge in [-0.25, -0.2) is 15.0 Å². The van der Waals surface area contributed by atoms with E-state index < -0.39 is 0 Å². The van der Waals surface area contributed by atoms with Crippen LogP contribution in [0, 0.1) is 5.92 Å². The van der Waals surface area contributed by atoms with Gasteiger partial charge in [0.25, 0.3) is 5.91 Å². The van der Waals surface area contributed by atoms with E-state index in [1.165, 1.54) is 13.0 Å². The average Bonchev–Trinajstić information content (AvgIpc) is 3.57. The summed E-state index contributed by atoms with van der Waals surface area (Å²) < 4.78 is 0. The van der Waals surface area contributed by atoms with Gasteiger partial charge in [-0.15, -0.1) is 0 Å². The number of carbonyl (C=O) groups is 1. The molecule has 3 aromatic heterocycles. The number of fused-ring (bicyclic) bond motifs is 2. The average molecular weight is 523 g/mol. The molecule has 1 amide bonds. The zero-order chi connectivity index (χ0) is 26.9. The van der Waals surface area contributed by atoms with E-state index in [1.54, 1.807) is 25.6 Å². The number of likely N-dealkylation sites (N-methyl/N-ethyl adjacent to an activating group) is 1. The number of benzene rings is 1. The van der Waals surface area contributed by atoms with E-state index in [4.69, 9.17) is 4.98 Å². The highest BCUT2D eigenvalue weighted by Gasteiger charge is 2.39. The minimum absolute atomic E-state index is 0.114. The van der Waals surface area contributed by atoms with Gasteiger partial charge in [0.2, 0.25) is 0 Å². The summed E-state index contributed by atoms with van der Waals surface area (Å²) in [5.41, 5.74) is 4.35. The molecular weight excluding hydrogens is 488 g/mol. The zero-order valence-electron chi connectivity index (χ0n) is 22.6. The van der Waals surface area contributed by atoms with Gasteiger partial charge in [-0.05, 0) is 49.7 Å². The molecule has 0 bridgehead atoms. The Labute approximate surface area is 228 Å². The van der Waals surface area contributed by atoms with Crippen LogP contribution in [0.2, 0.25) is 0 Å². The molecule has 2 aliphatic heterocycles. The highest BCUT2D eigenvalue weighted by molar-refractivity contribution is 6.06. The second-order valence-electron chi connectivity index (χ2n) is 10.7. The van der Waals surface area contributed by atoms with Crippen LogP contribution in [0.15, 0.2) is 61.2 Å². The van der Waals surface area contributed by atoms with Crippen LogP contribution in [-0.2, 0) is 0 Å². The maximum atomic E-state index is 12.3. The summed E-state index contributed by atoms with van der Waals surface area (Å²) in [6.07, 6.45) is 6.47. The lowest BCUT2D eigenvalue weighted by atomic mass is 9.96. The van der Waals surface area contributed by atoms with Crippen molar-refractivity contribution in [2.45, 2.75) is 25.3 Å². The van der Waals surface area contributed by atoms with Gasteiger partial charge in [-0.3, -0.25) is 9.78 Å². The highest BCUT2D eigenvalue weighted by Crippen LogP contribution is 2.33. The van der Waals surface area contributed by atoms with Gasteiger partial charge in [0.05, 0.1) is 16.8 Å². The second kappa shape index (κ2) is 10.6. The molecule has 0 saturated carbocycles. The first-order chi connectivity index (χ1) is 19.0. The number of rotatable bonds is 7. The molecule has 0 unspecified atom stereocenters. The topological polar surface area (TPSA) is 99.2 Å². The number of para-hydroxylation sites is 1. The quantitative estimate of drug-likeness (QED) is 0.378. The van der Waals surface area contributed by atoms with Crippen LogP contribution in [0.25, 0.3) is 22.2 Å². The molecule has 4 aromatic rings. The van der Waals surface area contributed by atoms with Gasteiger partial charge in [-0.1, -0.05) is 25.1 Å². The minimum Gasteiger partial charge on any atom is -0.369 e. The van der Waals surface area contributed by atoms with Crippen molar-refractivity contribution in [3.63, 3.8) is 0 Å². The van der Waals surface area contributed by atoms with E-state index in [9.17, 15) is 4.79 Å². The summed E-state index contributed by atoms with van der Waals surface area (Å²) in [6.45, 7) is 6.14. The lowest BCUT2D eigenvalue weighted by molar-refractivity contribution is 0.0964. The van der Waals surface area contributed by atoms with Gasteiger partial charge in [-0.2, -0.15) is 0 Å². The molecule has 3 atom stereocenters. The number of aromatic nitrogens is 4. The highest BCUT2D eigenvalue weighted by atomic mass is 16.1. The molecule has 6 rings (SSSR count). The Balaban J connectivity index is 1.14. The van der Waals surface area contributed by atoms with Gasteiger partial charge in [0.1, 0.15) is 18.0 Å². The number of hydrogen-bond acceptors (Lipinski definition) is 8. The fourth-order valence-electron chi connectivity index (χ4n) is 5.99. The fraction of sp³-hybridized carbons (Fsp3) is 0.367. The van der Waals surface area contributed by atoms with E-state index in [-0.39, 0.29) is 11.8 Å². The van der Waals surface area contributed by atoms with Crippen LogP contribution in [0.3, 0.4) is 0 Å². The number of carbonyl (C=O) groups excluding carboxylic acids is 1. The van der Waals surface area contributed by atoms with Crippen molar-refractivity contribution in [1.82, 2.24) is 30.2 Å². The number of pyridine rings is 2. The van der Waals surface area contributed by atoms with Crippen LogP contribution in [-0.4, -0.2) is 77.1 Å². The number of hydrogen-bond donors (Lipinski definition) is 2. The molecule has 200 valence electrons. The van der Waals surface area contributed by atoms with Crippen LogP contribution in [0.1, 0.15) is 35.2 Å². The summed E-state index contributed by atoms with van der Waals surface area (Å²) in [5, 5.41) is 7.02. The fourth-order valence-corrected chi connectivity index (χ4v) is 5.99. The zero-order valence-corrected chi connectivity index (χ0v) is 22.6. The Morgan fingerprint density at radius 3 is 2.79 bits per heavy atom. The van der Waals surface area contributed by atoms with Crippen LogP contribution >= 0.6 is 0 Å². The third-order valence-electron chi connectivity index (χ3n) is 8.25. The second-order valence-corrected chi connectivity index (χ2v) is 10.7. The van der Waals surface area contributed by atoms with E-state index in [0.717, 1.165) is 58.4 Å². The molecule has 39 heavy (non-hydrogen) atoms. The Bertz CT molecular complexity index is 1490. The molecule has 2 fully saturated rings. The smallest absolute Gasteiger partial charge is 0.251 e. The first kappa shape index (κ1) is 25.2. The predicted octanol–water partition coefficient (Wildman–Crippen LogP) is 3.80. The summed E-state index contributed by atoms with van der Waals surface area (Å²) in [4.78, 5) is 35.5. The van der Waals surface area contributed by atoms with Crippen molar-refractivity contribution < 1.29 is 4.79 Å². The molecule has 0 aliphatic carbocycles. The SMILES string of the molecule is CNC(=O)c1ccnc2c([C@H](C)CNc3cc(-c4ccc(N5C[C@@H]6CCN(C)[C@@H]6C5)nc4)ncn3)cccc12. The molecule has 5 heterocycles. The maximum Gasteiger partial charge on any atom is 0.251 e. The van der Waals surface area contributed by atoms with Crippen LogP contribution in [0.4, 0.5) is 11.6 Å². The lowest BCUT2D eigenvalue weighted by Gasteiger charge is -2.21. The summed E-state index contributed by atoms with van der Waals surface area (Å²) in [5.74, 6) is 2.56. The molecule has 2 N–H and O–H groups in total. The van der Waals surface area contributed by atoms with Gasteiger partial charge >= 0.3 is 0 Å². The molecule has 9 heteroatoms. The van der Waals surface area contributed by atoms with Crippen molar-refractivity contribution >= 4 is 28.4 Å². The van der Waals surface area contributed by atoms with Crippen LogP contribution in [0.5, 0.6) is 0 Å². The Kier molecular flexibility index (Phi) is 6.83. The first-order valence-electron chi connectivity index (χ1n) is 13.6. The van der Waals surface area contributed by atoms with E-state index in [0.29, 0.717) is 18.2 Å². The van der Waals surface area contributed by atoms with E-state index >= 15 is 0 Å². The molecular formula is C30H34N8O. The van der Waals surface area contributed by atoms with Crippen molar-refractivity contribution in [2.24, 2.45) is 5.92 Å². The monoisotopic (exact) mass is 522 g/mol. The maximum absolute atomic E-state index is 12.3. The Morgan fingerprint density at radius 1 is 1.10 bits per heavy atom. The summed E-state index contributed by atoms with van der Waals surface area (Å²) in [7, 11) is 3.87. The van der Waals surface area contributed by atoms with E-state index in [2.05, 4.69) is 67.6 Å². The predicted molar refractivity (Wildman–Crippen MR) is 154 cm³/mol. The van der Waals surface area contributed by atoms with Crippen molar-refractivity contribution in [1.29, 1.82) is 0 Å². The Morgan fingerprint density at radius 2 is 2.00 bits per heavy atom. The molecule has 0 spiro atoms. The first-order valence-corrected chi connectivity index (χ1v) is 13.6. The number of likely N-dealkylation sites (tertiary alicyclic amines) is 1. The normalized spacial score (nSPS) is 19.7. The number of amides is 1. The van der Waals surface area contributed by atoms with Crippen molar-refractivity contribution in [2.75, 3.05) is 50.5 Å². The van der Waals surface area contributed by atoms with Crippen molar-refractivity contribution in [3.8, 4) is 11.3 Å². The van der Waals surface area contributed by atoms with Crippen molar-refractivity contribution in [3.05, 3.63) is 72.3 Å². The van der Waals surface area contributed by atoms with Gasteiger partial charge < -0.3 is 20.4 Å². The number of nitrogens with one attached hydrogen (secondary N) is 2. The number of nitrogens with zero attached hydrogens (tertiary/aromatic N) is 6. The van der Waals surface area contributed by atoms with E-state index in [1.807, 2.05) is 24.4 Å². The number of anilines is 2. The molecule has 1 aromatic carbocycles. The minimum atomic E-state index is -0.114. The molecule has 9 nitrogen and oxygen atoms in total. The summed E-state index contributed by atoms with van der Waals surface area (Å²) in [6, 6.07) is 14.6. The third-order valence-corrected chi connectivity index (χ3v) is 8.25. The van der Waals surface area contributed by atoms with Crippen LogP contribution < -0.4 is 15.5 Å². The lowest BCUT2D eigenvalue weighted by Crippen LogP contribution is -2.32.